The molecule has 6 heteroatoms. The molecule has 0 aromatic carbocycles. The number of rotatable bonds is 20. The molecule has 0 radical (unpaired) electrons. The maximum atomic E-state index is 4.79. The first kappa shape index (κ1) is 90.8. The van der Waals surface area contributed by atoms with Gasteiger partial charge in [0.05, 0.1) is 46.7 Å². The molecule has 0 saturated carbocycles. The van der Waals surface area contributed by atoms with Crippen molar-refractivity contribution in [3.63, 3.8) is 0 Å². The van der Waals surface area contributed by atoms with Crippen molar-refractivity contribution in [1.29, 1.82) is 0 Å². The Labute approximate surface area is 405 Å². The normalized spacial score (nSPS) is 9.12. The Balaban J connectivity index is -0.0000000464. The fourth-order valence-corrected chi connectivity index (χ4v) is 2.32. The minimum absolute atomic E-state index is 0.733. The van der Waals surface area contributed by atoms with E-state index < -0.39 is 0 Å². The second kappa shape index (κ2) is 153. The van der Waals surface area contributed by atoms with Gasteiger partial charge in [-0.1, -0.05) is 164 Å². The van der Waals surface area contributed by atoms with Gasteiger partial charge in [0.2, 0.25) is 0 Å². The molecule has 0 fully saturated rings. The summed E-state index contributed by atoms with van der Waals surface area (Å²) in [5, 5.41) is 0. The van der Waals surface area contributed by atoms with E-state index in [1.165, 1.54) is 44.8 Å². The van der Waals surface area contributed by atoms with Crippen molar-refractivity contribution >= 4 is 0 Å². The molecule has 0 aliphatic rings. The summed E-state index contributed by atoms with van der Waals surface area (Å²) in [6.07, 6.45) is 51.7. The number of ether oxygens (including phenoxy) is 6. The van der Waals surface area contributed by atoms with Crippen molar-refractivity contribution in [2.24, 2.45) is 0 Å². The van der Waals surface area contributed by atoms with Gasteiger partial charge in [0.15, 0.2) is 0 Å². The van der Waals surface area contributed by atoms with Gasteiger partial charge in [-0.2, -0.15) is 0 Å². The van der Waals surface area contributed by atoms with Crippen LogP contribution >= 0.6 is 0 Å². The SMILES string of the molecule is C/C=C/C.C/C=C/CC.C/C=C/CCC.C/C=C/CCC.C/C=C/CCOC.C/C=C/COC.C/C=C/OC.C=CC.C=CCCC.C=CCCOC.C=COC.CCC/C=C/OC. The van der Waals surface area contributed by atoms with Crippen LogP contribution in [0.4, 0.5) is 0 Å². The molecule has 6 nitrogen and oxygen atoms in total. The highest BCUT2D eigenvalue weighted by molar-refractivity contribution is 4.77. The maximum Gasteiger partial charge on any atom is 0.0784 e. The first-order valence-electron chi connectivity index (χ1n) is 23.3. The largest absolute Gasteiger partial charge is 0.505 e. The van der Waals surface area contributed by atoms with Gasteiger partial charge in [0.25, 0.3) is 0 Å². The predicted molar refractivity (Wildman–Crippen MR) is 301 cm³/mol. The monoisotopic (exact) mass is 909 g/mol. The van der Waals surface area contributed by atoms with Crippen molar-refractivity contribution in [3.05, 3.63) is 148 Å². The number of hydrogen-bond donors (Lipinski definition) is 0. The lowest BCUT2D eigenvalue weighted by Gasteiger charge is -1.87. The highest BCUT2D eigenvalue weighted by Gasteiger charge is 1.72. The van der Waals surface area contributed by atoms with E-state index in [2.05, 4.69) is 132 Å². The van der Waals surface area contributed by atoms with Crippen LogP contribution in [0.3, 0.4) is 0 Å². The van der Waals surface area contributed by atoms with Gasteiger partial charge in [-0.15, -0.1) is 19.7 Å². The predicted octanol–water partition coefficient (Wildman–Crippen LogP) is 19.4. The standard InChI is InChI=1S/2C6H12O.2C6H12.2C5H10O.2C5H10.C4H8O.C4H8.C3H6O.C3H6/c2*1-3-4-5-6-7-2;2*1-3-5-6-4-2;2*1-3-4-5-6-2;2*1-3-5-4-2;1-3-4-5-2;2*1-3-4-2;1-3-2/h5-6H,3-4H2,1-2H3;3-4H,5-6H2,1-2H3;2*3,5H,4,6H2,1-2H3;3-4H,5H2,1-2H3;3H,1,4-5H2,2H3;3,5H,4H2,1-2H3;3H,1,4-5H2,2H3;3-4H,1-2H3;3-4H,1-2H3;3H,1H2,2H3;3H,1H2,2H3/b6-5+;4-3+;2*5-3+;4-3+;;5-3+;;2*4-3+;;. The summed E-state index contributed by atoms with van der Waals surface area (Å²) in [4.78, 5) is 0. The van der Waals surface area contributed by atoms with Gasteiger partial charge in [-0.3, -0.25) is 0 Å². The minimum Gasteiger partial charge on any atom is -0.505 e. The van der Waals surface area contributed by atoms with Crippen molar-refractivity contribution in [1.82, 2.24) is 0 Å². The van der Waals surface area contributed by atoms with E-state index in [0.29, 0.717) is 0 Å². The molecule has 0 aliphatic heterocycles. The summed E-state index contributed by atoms with van der Waals surface area (Å²) in [5.74, 6) is 0. The van der Waals surface area contributed by atoms with Crippen LogP contribution in [-0.4, -0.2) is 62.5 Å². The summed E-state index contributed by atoms with van der Waals surface area (Å²) in [6, 6.07) is 0. The third kappa shape index (κ3) is 326. The quantitative estimate of drug-likeness (QED) is 0.0689. The highest BCUT2D eigenvalue weighted by Crippen LogP contribution is 1.87. The third-order valence-corrected chi connectivity index (χ3v) is 5.56. The van der Waals surface area contributed by atoms with Gasteiger partial charge in [-0.25, -0.2) is 0 Å². The second-order valence-electron chi connectivity index (χ2n) is 11.8. The van der Waals surface area contributed by atoms with Crippen molar-refractivity contribution in [3.8, 4) is 0 Å². The Morgan fingerprint density at radius 2 is 0.688 bits per heavy atom. The summed E-state index contributed by atoms with van der Waals surface area (Å²) in [5.41, 5.74) is 0. The summed E-state index contributed by atoms with van der Waals surface area (Å²) in [6.45, 7) is 44.7. The molecule has 0 atom stereocenters. The highest BCUT2D eigenvalue weighted by atomic mass is 16.5. The number of hydrogen-bond acceptors (Lipinski definition) is 6. The summed E-state index contributed by atoms with van der Waals surface area (Å²) < 4.78 is 27.7. The molecule has 0 aromatic rings. The van der Waals surface area contributed by atoms with Crippen LogP contribution in [0.15, 0.2) is 148 Å². The van der Waals surface area contributed by atoms with Crippen LogP contribution in [-0.2, 0) is 28.4 Å². The van der Waals surface area contributed by atoms with Crippen LogP contribution in [0.1, 0.15) is 168 Å². The van der Waals surface area contributed by atoms with Crippen LogP contribution in [0.25, 0.3) is 0 Å². The third-order valence-electron chi connectivity index (χ3n) is 5.56. The van der Waals surface area contributed by atoms with Crippen molar-refractivity contribution < 1.29 is 28.4 Å². The van der Waals surface area contributed by atoms with Gasteiger partial charge >= 0.3 is 0 Å². The van der Waals surface area contributed by atoms with Gasteiger partial charge in [0, 0.05) is 34.5 Å². The van der Waals surface area contributed by atoms with Gasteiger partial charge in [-0.05, 0) is 113 Å². The van der Waals surface area contributed by atoms with E-state index in [0.717, 1.165) is 51.9 Å². The Morgan fingerprint density at radius 1 is 0.344 bits per heavy atom. The second-order valence-corrected chi connectivity index (χ2v) is 11.8. The van der Waals surface area contributed by atoms with Crippen molar-refractivity contribution in [2.45, 2.75) is 168 Å². The summed E-state index contributed by atoms with van der Waals surface area (Å²) >= 11 is 0. The van der Waals surface area contributed by atoms with E-state index in [1.54, 1.807) is 61.3 Å². The molecule has 0 saturated heterocycles. The topological polar surface area (TPSA) is 55.4 Å². The fourth-order valence-electron chi connectivity index (χ4n) is 2.32. The fraction of sp³-hybridized carbons (Fsp3) is 0.586. The Bertz CT molecular complexity index is 828. The van der Waals surface area contributed by atoms with Gasteiger partial charge < -0.3 is 28.4 Å². The zero-order chi connectivity index (χ0) is 52.3. The van der Waals surface area contributed by atoms with E-state index in [4.69, 9.17) is 14.2 Å². The summed E-state index contributed by atoms with van der Waals surface area (Å²) in [7, 11) is 9.92. The first-order chi connectivity index (χ1) is 31.0. The van der Waals surface area contributed by atoms with Crippen molar-refractivity contribution in [2.75, 3.05) is 62.5 Å². The molecule has 0 heterocycles. The molecule has 384 valence electrons. The van der Waals surface area contributed by atoms with E-state index in [-0.39, 0.29) is 0 Å². The lowest BCUT2D eigenvalue weighted by molar-refractivity contribution is 0.204. The Hall–Kier alpha value is -3.84. The Morgan fingerprint density at radius 3 is 0.828 bits per heavy atom. The molecule has 0 rings (SSSR count). The molecule has 0 bridgehead atoms. The van der Waals surface area contributed by atoms with E-state index in [9.17, 15) is 0 Å². The molecule has 0 N–H and O–H groups in total. The number of methoxy groups -OCH3 is 6. The molecule has 0 aromatic heterocycles. The van der Waals surface area contributed by atoms with Crippen LogP contribution < -0.4 is 0 Å². The number of allylic oxidation sites excluding steroid dienone is 14. The van der Waals surface area contributed by atoms with Crippen LogP contribution in [0.2, 0.25) is 0 Å². The molecule has 0 aliphatic carbocycles. The minimum atomic E-state index is 0.733. The molecule has 64 heavy (non-hydrogen) atoms. The zero-order valence-electron chi connectivity index (χ0n) is 46.7. The molecular formula is C58H116O6. The van der Waals surface area contributed by atoms with Crippen LogP contribution in [0, 0.1) is 0 Å². The van der Waals surface area contributed by atoms with Crippen LogP contribution in [0.5, 0.6) is 0 Å². The molecule has 0 amide bonds. The maximum absolute atomic E-state index is 4.79. The zero-order valence-corrected chi connectivity index (χ0v) is 46.7. The lowest BCUT2D eigenvalue weighted by Crippen LogP contribution is -1.82. The van der Waals surface area contributed by atoms with E-state index in [1.807, 2.05) is 103 Å². The molecule has 0 unspecified atom stereocenters. The Kier molecular flexibility index (Phi) is 217. The lowest BCUT2D eigenvalue weighted by atomic mass is 10.3. The molecular weight excluding hydrogens is 793 g/mol. The number of unbranched alkanes of at least 4 members (excludes halogenated alkanes) is 4. The van der Waals surface area contributed by atoms with E-state index >= 15 is 0 Å². The average molecular weight is 910 g/mol. The molecule has 0 spiro atoms. The van der Waals surface area contributed by atoms with Gasteiger partial charge in [0.1, 0.15) is 0 Å². The smallest absolute Gasteiger partial charge is 0.0784 e. The average Bonchev–Trinajstić information content (AvgIpc) is 3.32. The first-order valence-corrected chi connectivity index (χ1v) is 23.3.